The van der Waals surface area contributed by atoms with Gasteiger partial charge >= 0.3 is 0 Å². The van der Waals surface area contributed by atoms with Crippen molar-refractivity contribution < 1.29 is 4.74 Å². The molecule has 96 valence electrons. The van der Waals surface area contributed by atoms with Gasteiger partial charge in [0.15, 0.2) is 0 Å². The van der Waals surface area contributed by atoms with Crippen molar-refractivity contribution in [2.24, 2.45) is 17.1 Å². The molecule has 0 amide bonds. The molecule has 3 heteroatoms. The van der Waals surface area contributed by atoms with Crippen LogP contribution in [-0.4, -0.2) is 32.8 Å². The van der Waals surface area contributed by atoms with Crippen LogP contribution < -0.4 is 11.1 Å². The molecule has 1 aliphatic carbocycles. The molecule has 0 spiro atoms. The highest BCUT2D eigenvalue weighted by molar-refractivity contribution is 4.94. The van der Waals surface area contributed by atoms with E-state index in [2.05, 4.69) is 19.2 Å². The van der Waals surface area contributed by atoms with Crippen LogP contribution in [0.5, 0.6) is 0 Å². The van der Waals surface area contributed by atoms with Gasteiger partial charge in [0, 0.05) is 32.8 Å². The highest BCUT2D eigenvalue weighted by atomic mass is 16.5. The Morgan fingerprint density at radius 3 is 2.56 bits per heavy atom. The second kappa shape index (κ2) is 6.58. The lowest BCUT2D eigenvalue weighted by atomic mass is 10.0. The fraction of sp³-hybridized carbons (Fsp3) is 1.00. The number of rotatable bonds is 9. The summed E-state index contributed by atoms with van der Waals surface area (Å²) < 4.78 is 5.15. The van der Waals surface area contributed by atoms with Gasteiger partial charge in [-0.3, -0.25) is 0 Å². The van der Waals surface area contributed by atoms with E-state index in [1.54, 1.807) is 7.11 Å². The van der Waals surface area contributed by atoms with Crippen LogP contribution in [0.4, 0.5) is 0 Å². The molecule has 1 fully saturated rings. The minimum absolute atomic E-state index is 0.304. The van der Waals surface area contributed by atoms with Crippen molar-refractivity contribution in [3.8, 4) is 0 Å². The fourth-order valence-corrected chi connectivity index (χ4v) is 2.22. The van der Waals surface area contributed by atoms with E-state index in [-0.39, 0.29) is 0 Å². The van der Waals surface area contributed by atoms with Gasteiger partial charge < -0.3 is 15.8 Å². The Labute approximate surface area is 100 Å². The van der Waals surface area contributed by atoms with Crippen LogP contribution in [0.2, 0.25) is 0 Å². The lowest BCUT2D eigenvalue weighted by Gasteiger charge is -2.19. The Bertz CT molecular complexity index is 190. The molecule has 1 unspecified atom stereocenters. The van der Waals surface area contributed by atoms with Crippen molar-refractivity contribution in [3.05, 3.63) is 0 Å². The number of nitrogens with one attached hydrogen (secondary N) is 1. The first-order chi connectivity index (χ1) is 7.58. The van der Waals surface area contributed by atoms with E-state index < -0.39 is 0 Å². The average molecular weight is 228 g/mol. The Kier molecular flexibility index (Phi) is 5.73. The van der Waals surface area contributed by atoms with Gasteiger partial charge in [-0.15, -0.1) is 0 Å². The van der Waals surface area contributed by atoms with Crippen LogP contribution in [0, 0.1) is 11.3 Å². The standard InChI is InChI=1S/C13H28N2O/c1-11(2)8-12(14)9-15-10-13(4-5-13)6-7-16-3/h11-12,15H,4-10,14H2,1-3H3. The molecule has 1 rings (SSSR count). The van der Waals surface area contributed by atoms with Crippen LogP contribution >= 0.6 is 0 Å². The van der Waals surface area contributed by atoms with Gasteiger partial charge in [0.1, 0.15) is 0 Å². The van der Waals surface area contributed by atoms with E-state index in [1.807, 2.05) is 0 Å². The van der Waals surface area contributed by atoms with Crippen molar-refractivity contribution in [2.75, 3.05) is 26.8 Å². The minimum atomic E-state index is 0.304. The van der Waals surface area contributed by atoms with Gasteiger partial charge in [-0.25, -0.2) is 0 Å². The van der Waals surface area contributed by atoms with E-state index in [0.29, 0.717) is 17.4 Å². The highest BCUT2D eigenvalue weighted by Gasteiger charge is 2.41. The SMILES string of the molecule is COCCC1(CNCC(N)CC(C)C)CC1. The van der Waals surface area contributed by atoms with Crippen molar-refractivity contribution >= 4 is 0 Å². The van der Waals surface area contributed by atoms with Crippen molar-refractivity contribution in [1.29, 1.82) is 0 Å². The van der Waals surface area contributed by atoms with Gasteiger partial charge in [0.2, 0.25) is 0 Å². The average Bonchev–Trinajstić information content (AvgIpc) is 2.94. The van der Waals surface area contributed by atoms with E-state index in [4.69, 9.17) is 10.5 Å². The van der Waals surface area contributed by atoms with E-state index in [9.17, 15) is 0 Å². The zero-order valence-electron chi connectivity index (χ0n) is 11.1. The van der Waals surface area contributed by atoms with Gasteiger partial charge in [-0.2, -0.15) is 0 Å². The van der Waals surface area contributed by atoms with Crippen LogP contribution in [-0.2, 0) is 4.74 Å². The monoisotopic (exact) mass is 228 g/mol. The summed E-state index contributed by atoms with van der Waals surface area (Å²) >= 11 is 0. The third-order valence-corrected chi connectivity index (χ3v) is 3.47. The second-order valence-electron chi connectivity index (χ2n) is 5.76. The predicted octanol–water partition coefficient (Wildman–Crippen LogP) is 1.77. The summed E-state index contributed by atoms with van der Waals surface area (Å²) in [6, 6.07) is 0.304. The Morgan fingerprint density at radius 1 is 1.38 bits per heavy atom. The molecule has 0 heterocycles. The summed E-state index contributed by atoms with van der Waals surface area (Å²) in [6.45, 7) is 7.40. The summed E-state index contributed by atoms with van der Waals surface area (Å²) in [5, 5.41) is 3.52. The van der Waals surface area contributed by atoms with Gasteiger partial charge in [0.25, 0.3) is 0 Å². The maximum absolute atomic E-state index is 6.04. The maximum atomic E-state index is 6.04. The molecule has 3 N–H and O–H groups in total. The zero-order chi connectivity index (χ0) is 12.0. The first-order valence-electron chi connectivity index (χ1n) is 6.53. The second-order valence-corrected chi connectivity index (χ2v) is 5.76. The number of hydrogen-bond donors (Lipinski definition) is 2. The van der Waals surface area contributed by atoms with E-state index >= 15 is 0 Å². The number of methoxy groups -OCH3 is 1. The van der Waals surface area contributed by atoms with Crippen molar-refractivity contribution in [1.82, 2.24) is 5.32 Å². The fourth-order valence-electron chi connectivity index (χ4n) is 2.22. The summed E-state index contributed by atoms with van der Waals surface area (Å²) in [7, 11) is 1.78. The van der Waals surface area contributed by atoms with Crippen molar-refractivity contribution in [2.45, 2.75) is 45.6 Å². The van der Waals surface area contributed by atoms with Crippen LogP contribution in [0.15, 0.2) is 0 Å². The molecule has 3 nitrogen and oxygen atoms in total. The maximum Gasteiger partial charge on any atom is 0.0468 e. The largest absolute Gasteiger partial charge is 0.385 e. The topological polar surface area (TPSA) is 47.3 Å². The summed E-state index contributed by atoms with van der Waals surface area (Å²) in [5.41, 5.74) is 6.57. The summed E-state index contributed by atoms with van der Waals surface area (Å²) in [4.78, 5) is 0. The number of nitrogens with two attached hydrogens (primary N) is 1. The van der Waals surface area contributed by atoms with E-state index in [1.165, 1.54) is 19.3 Å². The first-order valence-corrected chi connectivity index (χ1v) is 6.53. The molecule has 16 heavy (non-hydrogen) atoms. The molecule has 1 saturated carbocycles. The van der Waals surface area contributed by atoms with Crippen LogP contribution in [0.1, 0.15) is 39.5 Å². The third-order valence-electron chi connectivity index (χ3n) is 3.47. The smallest absolute Gasteiger partial charge is 0.0468 e. The molecule has 0 radical (unpaired) electrons. The summed E-state index contributed by atoms with van der Waals surface area (Å²) in [6.07, 6.45) is 5.00. The van der Waals surface area contributed by atoms with Gasteiger partial charge in [0.05, 0.1) is 0 Å². The lowest BCUT2D eigenvalue weighted by molar-refractivity contribution is 0.171. The molecular formula is C13H28N2O. The molecular weight excluding hydrogens is 200 g/mol. The molecule has 1 aliphatic rings. The number of ether oxygens (including phenoxy) is 1. The lowest BCUT2D eigenvalue weighted by Crippen LogP contribution is -2.37. The van der Waals surface area contributed by atoms with Crippen molar-refractivity contribution in [3.63, 3.8) is 0 Å². The molecule has 1 atom stereocenters. The highest BCUT2D eigenvalue weighted by Crippen LogP contribution is 2.48. The molecule has 0 aromatic carbocycles. The predicted molar refractivity (Wildman–Crippen MR) is 68.5 cm³/mol. The first kappa shape index (κ1) is 13.9. The Morgan fingerprint density at radius 2 is 2.06 bits per heavy atom. The molecule has 0 aromatic rings. The number of hydrogen-bond acceptors (Lipinski definition) is 3. The Balaban J connectivity index is 2.06. The minimum Gasteiger partial charge on any atom is -0.385 e. The normalized spacial score (nSPS) is 20.1. The molecule has 0 bridgehead atoms. The Hall–Kier alpha value is -0.120. The molecule has 0 aromatic heterocycles. The van der Waals surface area contributed by atoms with E-state index in [0.717, 1.165) is 26.1 Å². The van der Waals surface area contributed by atoms with Crippen LogP contribution in [0.3, 0.4) is 0 Å². The van der Waals surface area contributed by atoms with Crippen LogP contribution in [0.25, 0.3) is 0 Å². The quantitative estimate of drug-likeness (QED) is 0.632. The van der Waals surface area contributed by atoms with Gasteiger partial charge in [-0.05, 0) is 37.0 Å². The zero-order valence-corrected chi connectivity index (χ0v) is 11.1. The third kappa shape index (κ3) is 5.28. The van der Waals surface area contributed by atoms with Gasteiger partial charge in [-0.1, -0.05) is 13.8 Å². The summed E-state index contributed by atoms with van der Waals surface area (Å²) in [5.74, 6) is 0.695. The molecule has 0 aliphatic heterocycles. The molecule has 0 saturated heterocycles.